The molecule has 0 saturated heterocycles. The summed E-state index contributed by atoms with van der Waals surface area (Å²) >= 11 is 2.22. The summed E-state index contributed by atoms with van der Waals surface area (Å²) < 4.78 is 1.12. The summed E-state index contributed by atoms with van der Waals surface area (Å²) in [6.45, 7) is 0. The van der Waals surface area contributed by atoms with Crippen LogP contribution in [-0.4, -0.2) is 10.9 Å². The van der Waals surface area contributed by atoms with Gasteiger partial charge in [0.15, 0.2) is 0 Å². The van der Waals surface area contributed by atoms with Crippen molar-refractivity contribution < 1.29 is 4.79 Å². The molecule has 0 fully saturated rings. The average molecular weight is 301 g/mol. The summed E-state index contributed by atoms with van der Waals surface area (Å²) in [6, 6.07) is 5.82. The number of benzene rings is 1. The molecule has 5 heteroatoms. The maximum Gasteiger partial charge on any atom is 0.267 e. The molecule has 0 saturated carbocycles. The largest absolute Gasteiger partial charge is 0.360 e. The second kappa shape index (κ2) is 3.58. The Morgan fingerprint density at radius 1 is 1.50 bits per heavy atom. The standard InChI is InChI=1S/C9H8IN3O/c10-5-1-2-6-7(9(14)13-11)4-12-8(6)3-5/h1-4,12H,11H2,(H,13,14). The maximum absolute atomic E-state index is 11.3. The molecule has 0 aliphatic heterocycles. The molecule has 72 valence electrons. The Balaban J connectivity index is 2.64. The Kier molecular flexibility index (Phi) is 2.42. The third-order valence-electron chi connectivity index (χ3n) is 2.02. The van der Waals surface area contributed by atoms with Gasteiger partial charge in [0.25, 0.3) is 5.91 Å². The van der Waals surface area contributed by atoms with E-state index in [0.717, 1.165) is 14.5 Å². The molecule has 1 amide bonds. The minimum absolute atomic E-state index is 0.280. The predicted octanol–water partition coefficient (Wildman–Crippen LogP) is 1.38. The molecule has 0 unspecified atom stereocenters. The van der Waals surface area contributed by atoms with E-state index >= 15 is 0 Å². The number of halogens is 1. The number of rotatable bonds is 1. The number of hydrogen-bond donors (Lipinski definition) is 3. The van der Waals surface area contributed by atoms with Gasteiger partial charge in [0.1, 0.15) is 0 Å². The molecule has 0 radical (unpaired) electrons. The topological polar surface area (TPSA) is 70.9 Å². The van der Waals surface area contributed by atoms with E-state index in [1.54, 1.807) is 6.20 Å². The first-order valence-electron chi connectivity index (χ1n) is 4.00. The van der Waals surface area contributed by atoms with E-state index in [1.807, 2.05) is 18.2 Å². The highest BCUT2D eigenvalue weighted by molar-refractivity contribution is 14.1. The van der Waals surface area contributed by atoms with Crippen molar-refractivity contribution in [2.24, 2.45) is 5.84 Å². The van der Waals surface area contributed by atoms with Crippen LogP contribution in [0.25, 0.3) is 10.9 Å². The van der Waals surface area contributed by atoms with Gasteiger partial charge >= 0.3 is 0 Å². The highest BCUT2D eigenvalue weighted by Crippen LogP contribution is 2.20. The fraction of sp³-hybridized carbons (Fsp3) is 0. The molecular weight excluding hydrogens is 293 g/mol. The van der Waals surface area contributed by atoms with Gasteiger partial charge in [-0.15, -0.1) is 0 Å². The third-order valence-corrected chi connectivity index (χ3v) is 2.69. The second-order valence-electron chi connectivity index (χ2n) is 2.87. The Bertz CT molecular complexity index is 492. The molecule has 2 aromatic rings. The van der Waals surface area contributed by atoms with Crippen molar-refractivity contribution in [2.45, 2.75) is 0 Å². The van der Waals surface area contributed by atoms with Crippen LogP contribution < -0.4 is 11.3 Å². The number of hydrogen-bond acceptors (Lipinski definition) is 2. The van der Waals surface area contributed by atoms with Crippen LogP contribution >= 0.6 is 22.6 Å². The molecule has 1 heterocycles. The zero-order valence-electron chi connectivity index (χ0n) is 7.17. The minimum Gasteiger partial charge on any atom is -0.360 e. The van der Waals surface area contributed by atoms with E-state index in [-0.39, 0.29) is 5.91 Å². The lowest BCUT2D eigenvalue weighted by atomic mass is 10.2. The molecule has 0 atom stereocenters. The number of aromatic amines is 1. The molecule has 2 rings (SSSR count). The summed E-state index contributed by atoms with van der Waals surface area (Å²) in [5, 5.41) is 0.883. The zero-order chi connectivity index (χ0) is 10.1. The van der Waals surface area contributed by atoms with Gasteiger partial charge in [-0.25, -0.2) is 5.84 Å². The van der Waals surface area contributed by atoms with Gasteiger partial charge in [-0.3, -0.25) is 10.2 Å². The molecule has 1 aromatic carbocycles. The van der Waals surface area contributed by atoms with Crippen LogP contribution in [0.15, 0.2) is 24.4 Å². The molecule has 0 bridgehead atoms. The number of fused-ring (bicyclic) bond motifs is 1. The summed E-state index contributed by atoms with van der Waals surface area (Å²) in [5.41, 5.74) is 3.62. The van der Waals surface area contributed by atoms with Crippen LogP contribution in [0.1, 0.15) is 10.4 Å². The van der Waals surface area contributed by atoms with Crippen LogP contribution in [0.5, 0.6) is 0 Å². The van der Waals surface area contributed by atoms with Crippen LogP contribution in [0, 0.1) is 3.57 Å². The molecule has 14 heavy (non-hydrogen) atoms. The lowest BCUT2D eigenvalue weighted by Crippen LogP contribution is -2.29. The predicted molar refractivity (Wildman–Crippen MR) is 62.7 cm³/mol. The van der Waals surface area contributed by atoms with Gasteiger partial charge in [0.2, 0.25) is 0 Å². The first-order valence-corrected chi connectivity index (χ1v) is 5.08. The van der Waals surface area contributed by atoms with Crippen LogP contribution in [0.2, 0.25) is 0 Å². The average Bonchev–Trinajstić information content (AvgIpc) is 2.59. The fourth-order valence-electron chi connectivity index (χ4n) is 1.36. The van der Waals surface area contributed by atoms with Gasteiger partial charge in [-0.05, 0) is 34.7 Å². The number of carbonyl (C=O) groups is 1. The number of aromatic nitrogens is 1. The molecule has 0 spiro atoms. The number of carbonyl (C=O) groups excluding carboxylic acids is 1. The van der Waals surface area contributed by atoms with E-state index in [9.17, 15) is 4.79 Å². The van der Waals surface area contributed by atoms with E-state index in [1.165, 1.54) is 0 Å². The van der Waals surface area contributed by atoms with Crippen molar-refractivity contribution >= 4 is 39.4 Å². The first-order chi connectivity index (χ1) is 6.72. The number of nitrogen functional groups attached to an aromatic ring is 1. The highest BCUT2D eigenvalue weighted by Gasteiger charge is 2.09. The van der Waals surface area contributed by atoms with Gasteiger partial charge in [-0.2, -0.15) is 0 Å². The number of nitrogens with one attached hydrogen (secondary N) is 2. The Hall–Kier alpha value is -1.08. The Morgan fingerprint density at radius 3 is 3.00 bits per heavy atom. The van der Waals surface area contributed by atoms with E-state index in [0.29, 0.717) is 5.56 Å². The lowest BCUT2D eigenvalue weighted by Gasteiger charge is -1.96. The molecule has 0 aliphatic rings. The van der Waals surface area contributed by atoms with Crippen molar-refractivity contribution in [3.05, 3.63) is 33.5 Å². The molecule has 4 N–H and O–H groups in total. The monoisotopic (exact) mass is 301 g/mol. The van der Waals surface area contributed by atoms with E-state index in [2.05, 4.69) is 33.0 Å². The van der Waals surface area contributed by atoms with Crippen LogP contribution in [0.4, 0.5) is 0 Å². The molecule has 4 nitrogen and oxygen atoms in total. The molecule has 0 aliphatic carbocycles. The van der Waals surface area contributed by atoms with E-state index in [4.69, 9.17) is 5.84 Å². The zero-order valence-corrected chi connectivity index (χ0v) is 9.33. The smallest absolute Gasteiger partial charge is 0.267 e. The molecule has 1 aromatic heterocycles. The lowest BCUT2D eigenvalue weighted by molar-refractivity contribution is 0.0955. The summed E-state index contributed by atoms with van der Waals surface area (Å²) in [7, 11) is 0. The SMILES string of the molecule is NNC(=O)c1c[nH]c2cc(I)ccc12. The second-order valence-corrected chi connectivity index (χ2v) is 4.11. The highest BCUT2D eigenvalue weighted by atomic mass is 127. The number of hydrazine groups is 1. The van der Waals surface area contributed by atoms with Crippen molar-refractivity contribution in [3.63, 3.8) is 0 Å². The normalized spacial score (nSPS) is 10.4. The Labute approximate surface area is 94.0 Å². The van der Waals surface area contributed by atoms with Gasteiger partial charge in [0.05, 0.1) is 5.56 Å². The number of nitrogens with two attached hydrogens (primary N) is 1. The van der Waals surface area contributed by atoms with Crippen molar-refractivity contribution in [3.8, 4) is 0 Å². The first kappa shape index (κ1) is 9.47. The van der Waals surface area contributed by atoms with Gasteiger partial charge in [0, 0.05) is 20.7 Å². The quantitative estimate of drug-likeness (QED) is 0.322. The number of amides is 1. The summed E-state index contributed by atoms with van der Waals surface area (Å²) in [6.07, 6.45) is 1.66. The van der Waals surface area contributed by atoms with Crippen molar-refractivity contribution in [2.75, 3.05) is 0 Å². The summed E-state index contributed by atoms with van der Waals surface area (Å²) in [5.74, 6) is 4.79. The molecular formula is C9H8IN3O. The minimum atomic E-state index is -0.280. The van der Waals surface area contributed by atoms with E-state index < -0.39 is 0 Å². The van der Waals surface area contributed by atoms with Gasteiger partial charge < -0.3 is 4.98 Å². The van der Waals surface area contributed by atoms with Crippen molar-refractivity contribution in [1.29, 1.82) is 0 Å². The third kappa shape index (κ3) is 1.48. The Morgan fingerprint density at radius 2 is 2.29 bits per heavy atom. The fourth-order valence-corrected chi connectivity index (χ4v) is 1.86. The van der Waals surface area contributed by atoms with Crippen molar-refractivity contribution in [1.82, 2.24) is 10.4 Å². The van der Waals surface area contributed by atoms with Gasteiger partial charge in [-0.1, -0.05) is 6.07 Å². The number of H-pyrrole nitrogens is 1. The van der Waals surface area contributed by atoms with Crippen LogP contribution in [0.3, 0.4) is 0 Å². The maximum atomic E-state index is 11.3. The van der Waals surface area contributed by atoms with Crippen LogP contribution in [-0.2, 0) is 0 Å². The summed E-state index contributed by atoms with van der Waals surface area (Å²) in [4.78, 5) is 14.3.